The van der Waals surface area contributed by atoms with Crippen LogP contribution in [0, 0.1) is 10.3 Å². The molecule has 1 aliphatic rings. The Hall–Kier alpha value is -2.03. The van der Waals surface area contributed by atoms with Gasteiger partial charge in [0.25, 0.3) is 0 Å². The maximum absolute atomic E-state index is 11.0. The van der Waals surface area contributed by atoms with Gasteiger partial charge in [0.1, 0.15) is 11.5 Å². The van der Waals surface area contributed by atoms with Gasteiger partial charge in [-0.3, -0.25) is 0 Å². The fourth-order valence-corrected chi connectivity index (χ4v) is 4.89. The number of nitrogens with zero attached hydrogens (tertiary/aromatic N) is 3. The molecule has 1 fully saturated rings. The molecule has 0 spiro atoms. The van der Waals surface area contributed by atoms with E-state index in [0.29, 0.717) is 21.5 Å². The summed E-state index contributed by atoms with van der Waals surface area (Å²) >= 11 is 7.84. The van der Waals surface area contributed by atoms with Gasteiger partial charge in [-0.15, -0.1) is 4.91 Å². The number of anilines is 3. The van der Waals surface area contributed by atoms with E-state index < -0.39 is 0 Å². The van der Waals surface area contributed by atoms with Crippen molar-refractivity contribution in [2.45, 2.75) is 44.4 Å². The minimum atomic E-state index is 0.185. The Balaban J connectivity index is 1.74. The van der Waals surface area contributed by atoms with Crippen LogP contribution in [0.1, 0.15) is 45.2 Å². The number of pyridine rings is 1. The molecule has 2 aromatic rings. The Bertz CT molecular complexity index is 933. The van der Waals surface area contributed by atoms with E-state index in [0.717, 1.165) is 49.7 Å². The second-order valence-electron chi connectivity index (χ2n) is 9.02. The largest absolute Gasteiger partial charge is 0.396 e. The smallest absolute Gasteiger partial charge is 0.149 e. The molecule has 0 bridgehead atoms. The lowest BCUT2D eigenvalue weighted by atomic mass is 9.95. The van der Waals surface area contributed by atoms with Gasteiger partial charge < -0.3 is 16.4 Å². The molecule has 0 radical (unpaired) electrons. The molecule has 1 aromatic heterocycles. The van der Waals surface area contributed by atoms with Crippen LogP contribution in [0.4, 0.5) is 22.9 Å². The second kappa shape index (κ2) is 10.1. The molecule has 9 heteroatoms. The standard InChI is InChI=1S/C22H31ClN6OS/c1-22(2,3)13-26-18-10-9-16(27-21(18)25-4)14-6-5-11-29(12-14)31-20-15(23)7-8-17(28-30)19(20)24/h7-10,14,26H,5-6,11-13,24H2,1-4H3,(H,25,27). The van der Waals surface area contributed by atoms with Gasteiger partial charge in [-0.05, 0) is 59.6 Å². The van der Waals surface area contributed by atoms with Gasteiger partial charge in [0, 0.05) is 38.3 Å². The summed E-state index contributed by atoms with van der Waals surface area (Å²) in [5.74, 6) is 1.17. The average molecular weight is 463 g/mol. The molecule has 0 amide bonds. The summed E-state index contributed by atoms with van der Waals surface area (Å²) in [6.45, 7) is 9.22. The molecule has 0 aliphatic carbocycles. The molecule has 1 aromatic carbocycles. The second-order valence-corrected chi connectivity index (χ2v) is 10.5. The van der Waals surface area contributed by atoms with Crippen molar-refractivity contribution in [2.75, 3.05) is 43.0 Å². The summed E-state index contributed by atoms with van der Waals surface area (Å²) in [6, 6.07) is 7.44. The fourth-order valence-electron chi connectivity index (χ4n) is 3.53. The summed E-state index contributed by atoms with van der Waals surface area (Å²) in [5.41, 5.74) is 8.94. The molecule has 31 heavy (non-hydrogen) atoms. The van der Waals surface area contributed by atoms with Crippen LogP contribution in [0.25, 0.3) is 0 Å². The van der Waals surface area contributed by atoms with Crippen LogP contribution >= 0.6 is 23.5 Å². The lowest BCUT2D eigenvalue weighted by molar-refractivity contribution is 0.339. The highest BCUT2D eigenvalue weighted by Crippen LogP contribution is 2.42. The first-order valence-electron chi connectivity index (χ1n) is 10.5. The average Bonchev–Trinajstić information content (AvgIpc) is 2.75. The number of hydrogen-bond acceptors (Lipinski definition) is 8. The highest BCUT2D eigenvalue weighted by atomic mass is 35.5. The van der Waals surface area contributed by atoms with Gasteiger partial charge in [0.15, 0.2) is 0 Å². The van der Waals surface area contributed by atoms with Crippen LogP contribution in [-0.4, -0.2) is 36.0 Å². The minimum Gasteiger partial charge on any atom is -0.396 e. The summed E-state index contributed by atoms with van der Waals surface area (Å²) in [6.07, 6.45) is 2.11. The Morgan fingerprint density at radius 2 is 2.10 bits per heavy atom. The Morgan fingerprint density at radius 1 is 1.32 bits per heavy atom. The first-order valence-corrected chi connectivity index (χ1v) is 11.6. The van der Waals surface area contributed by atoms with E-state index in [9.17, 15) is 4.91 Å². The molecule has 1 atom stereocenters. The number of halogens is 1. The van der Waals surface area contributed by atoms with Crippen molar-refractivity contribution < 1.29 is 0 Å². The van der Waals surface area contributed by atoms with E-state index in [4.69, 9.17) is 22.3 Å². The van der Waals surface area contributed by atoms with Crippen molar-refractivity contribution in [1.29, 1.82) is 0 Å². The maximum atomic E-state index is 11.0. The van der Waals surface area contributed by atoms with Crippen molar-refractivity contribution >= 4 is 46.4 Å². The van der Waals surface area contributed by atoms with E-state index in [1.54, 1.807) is 12.1 Å². The number of hydrogen-bond donors (Lipinski definition) is 3. The number of rotatable bonds is 7. The molecule has 1 saturated heterocycles. The predicted octanol–water partition coefficient (Wildman–Crippen LogP) is 6.10. The number of benzene rings is 1. The quantitative estimate of drug-likeness (QED) is 0.260. The third-order valence-electron chi connectivity index (χ3n) is 5.21. The van der Waals surface area contributed by atoms with Crippen LogP contribution < -0.4 is 16.4 Å². The molecule has 4 N–H and O–H groups in total. The third-order valence-corrected chi connectivity index (χ3v) is 6.85. The molecule has 1 aliphatic heterocycles. The first kappa shape index (κ1) is 23.6. The van der Waals surface area contributed by atoms with Crippen LogP contribution in [0.3, 0.4) is 0 Å². The van der Waals surface area contributed by atoms with E-state index in [-0.39, 0.29) is 11.1 Å². The zero-order valence-electron chi connectivity index (χ0n) is 18.5. The molecular weight excluding hydrogens is 432 g/mol. The van der Waals surface area contributed by atoms with Gasteiger partial charge in [-0.2, -0.15) is 0 Å². The Labute approximate surface area is 193 Å². The number of aromatic nitrogens is 1. The summed E-state index contributed by atoms with van der Waals surface area (Å²) < 4.78 is 2.24. The summed E-state index contributed by atoms with van der Waals surface area (Å²) in [7, 11) is 1.90. The number of nitrogens with one attached hydrogen (secondary N) is 2. The topological polar surface area (TPSA) is 95.6 Å². The Kier molecular flexibility index (Phi) is 7.67. The van der Waals surface area contributed by atoms with Gasteiger partial charge in [0.2, 0.25) is 0 Å². The van der Waals surface area contributed by atoms with E-state index in [2.05, 4.69) is 53.0 Å². The molecule has 3 rings (SSSR count). The monoisotopic (exact) mass is 462 g/mol. The van der Waals surface area contributed by atoms with Crippen molar-refractivity contribution in [2.24, 2.45) is 10.6 Å². The lowest BCUT2D eigenvalue weighted by Gasteiger charge is -2.32. The van der Waals surface area contributed by atoms with Crippen LogP contribution in [0.15, 0.2) is 34.3 Å². The molecule has 2 heterocycles. The molecule has 0 saturated carbocycles. The van der Waals surface area contributed by atoms with Gasteiger partial charge >= 0.3 is 0 Å². The van der Waals surface area contributed by atoms with Crippen molar-refractivity contribution in [3.8, 4) is 0 Å². The van der Waals surface area contributed by atoms with E-state index in [1.165, 1.54) is 11.9 Å². The maximum Gasteiger partial charge on any atom is 0.149 e. The Morgan fingerprint density at radius 3 is 2.77 bits per heavy atom. The fraction of sp³-hybridized carbons (Fsp3) is 0.500. The number of nitrogen functional groups attached to an aromatic ring is 1. The molecule has 7 nitrogen and oxygen atoms in total. The third kappa shape index (κ3) is 6.02. The number of nitroso groups, excluding NO2 is 1. The first-order chi connectivity index (χ1) is 14.7. The normalized spacial score (nSPS) is 17.4. The summed E-state index contributed by atoms with van der Waals surface area (Å²) in [4.78, 5) is 16.6. The lowest BCUT2D eigenvalue weighted by Crippen LogP contribution is -2.29. The molecular formula is C22H31ClN6OS. The molecule has 1 unspecified atom stereocenters. The van der Waals surface area contributed by atoms with Gasteiger partial charge in [-0.1, -0.05) is 32.4 Å². The highest BCUT2D eigenvalue weighted by Gasteiger charge is 2.25. The molecule has 168 valence electrons. The minimum absolute atomic E-state index is 0.185. The van der Waals surface area contributed by atoms with Crippen LogP contribution in [-0.2, 0) is 0 Å². The van der Waals surface area contributed by atoms with Crippen molar-refractivity contribution in [3.63, 3.8) is 0 Å². The highest BCUT2D eigenvalue weighted by molar-refractivity contribution is 7.97. The zero-order valence-corrected chi connectivity index (χ0v) is 20.1. The van der Waals surface area contributed by atoms with Gasteiger partial charge in [-0.25, -0.2) is 9.29 Å². The zero-order chi connectivity index (χ0) is 22.6. The van der Waals surface area contributed by atoms with Crippen LogP contribution in [0.5, 0.6) is 0 Å². The van der Waals surface area contributed by atoms with Gasteiger partial charge in [0.05, 0.1) is 21.3 Å². The van der Waals surface area contributed by atoms with Crippen molar-refractivity contribution in [1.82, 2.24) is 9.29 Å². The summed E-state index contributed by atoms with van der Waals surface area (Å²) in [5, 5.41) is 10.2. The van der Waals surface area contributed by atoms with Crippen molar-refractivity contribution in [3.05, 3.63) is 39.9 Å². The predicted molar refractivity (Wildman–Crippen MR) is 132 cm³/mol. The SMILES string of the molecule is CNc1nc(C2CCCN(Sc3c(Cl)ccc(N=O)c3N)C2)ccc1NCC(C)(C)C. The van der Waals surface area contributed by atoms with E-state index >= 15 is 0 Å². The number of piperidine rings is 1. The van der Waals surface area contributed by atoms with E-state index in [1.807, 2.05) is 7.05 Å². The van der Waals surface area contributed by atoms with Crippen LogP contribution in [0.2, 0.25) is 5.02 Å². The number of nitrogens with two attached hydrogens (primary N) is 1.